The zero-order valence-corrected chi connectivity index (χ0v) is 10.3. The van der Waals surface area contributed by atoms with Crippen molar-refractivity contribution in [1.82, 2.24) is 10.6 Å². The zero-order chi connectivity index (χ0) is 12.2. The second-order valence-electron chi connectivity index (χ2n) is 3.84. The summed E-state index contributed by atoms with van der Waals surface area (Å²) in [6, 6.07) is 4.94. The Hall–Kier alpha value is -1.10. The first-order chi connectivity index (χ1) is 7.78. The van der Waals surface area contributed by atoms with Crippen molar-refractivity contribution in [2.24, 2.45) is 0 Å². The lowest BCUT2D eigenvalue weighted by atomic mass is 10.1. The minimum absolute atomic E-state index is 0.294. The van der Waals surface area contributed by atoms with Crippen molar-refractivity contribution in [3.05, 3.63) is 0 Å². The van der Waals surface area contributed by atoms with E-state index in [4.69, 9.17) is 10.5 Å². The molecule has 0 amide bonds. The van der Waals surface area contributed by atoms with E-state index in [1.165, 1.54) is 0 Å². The van der Waals surface area contributed by atoms with Crippen LogP contribution in [-0.4, -0.2) is 25.2 Å². The van der Waals surface area contributed by atoms with Crippen molar-refractivity contribution >= 4 is 0 Å². The topological polar surface area (TPSA) is 71.6 Å². The monoisotopic (exact) mass is 222 g/mol. The molecule has 0 aliphatic rings. The van der Waals surface area contributed by atoms with Crippen LogP contribution in [0, 0.1) is 22.7 Å². The maximum Gasteiger partial charge on any atom is 0.0638 e. The van der Waals surface area contributed by atoms with Crippen LogP contribution in [-0.2, 0) is 0 Å². The van der Waals surface area contributed by atoms with E-state index in [2.05, 4.69) is 36.6 Å². The summed E-state index contributed by atoms with van der Waals surface area (Å²) in [5.74, 6) is 0. The molecule has 0 aliphatic carbocycles. The molecule has 0 rings (SSSR count). The van der Waals surface area contributed by atoms with Gasteiger partial charge in [-0.3, -0.25) is 0 Å². The van der Waals surface area contributed by atoms with Crippen LogP contribution in [0.2, 0.25) is 0 Å². The Labute approximate surface area is 98.6 Å². The Balaban J connectivity index is 3.58. The van der Waals surface area contributed by atoms with E-state index in [0.717, 1.165) is 25.9 Å². The first-order valence-electron chi connectivity index (χ1n) is 5.99. The van der Waals surface area contributed by atoms with Crippen molar-refractivity contribution in [1.29, 1.82) is 10.5 Å². The van der Waals surface area contributed by atoms with Crippen LogP contribution in [0.1, 0.15) is 39.5 Å². The summed E-state index contributed by atoms with van der Waals surface area (Å²) in [5.41, 5.74) is 0. The molecule has 2 unspecified atom stereocenters. The second-order valence-corrected chi connectivity index (χ2v) is 3.84. The Bertz CT molecular complexity index is 212. The number of nitriles is 2. The minimum Gasteiger partial charge on any atom is -0.312 e. The summed E-state index contributed by atoms with van der Waals surface area (Å²) in [6.07, 6.45) is 3.07. The van der Waals surface area contributed by atoms with Crippen molar-refractivity contribution in [2.45, 2.75) is 51.6 Å². The lowest BCUT2D eigenvalue weighted by Gasteiger charge is -2.16. The van der Waals surface area contributed by atoms with Gasteiger partial charge in [-0.25, -0.2) is 0 Å². The van der Waals surface area contributed by atoms with E-state index >= 15 is 0 Å². The van der Waals surface area contributed by atoms with Crippen molar-refractivity contribution < 1.29 is 0 Å². The molecule has 0 saturated heterocycles. The van der Waals surface area contributed by atoms with Crippen LogP contribution in [0.15, 0.2) is 0 Å². The average Bonchev–Trinajstić information content (AvgIpc) is 2.31. The van der Waals surface area contributed by atoms with Gasteiger partial charge in [0.15, 0.2) is 0 Å². The second kappa shape index (κ2) is 10.4. The van der Waals surface area contributed by atoms with Crippen LogP contribution >= 0.6 is 0 Å². The summed E-state index contributed by atoms with van der Waals surface area (Å²) in [4.78, 5) is 0. The van der Waals surface area contributed by atoms with Gasteiger partial charge in [-0.15, -0.1) is 0 Å². The van der Waals surface area contributed by atoms with Crippen LogP contribution in [0.5, 0.6) is 0 Å². The molecule has 0 radical (unpaired) electrons. The third-order valence-electron chi connectivity index (χ3n) is 2.65. The lowest BCUT2D eigenvalue weighted by molar-refractivity contribution is 0.457. The van der Waals surface area contributed by atoms with Crippen molar-refractivity contribution in [3.8, 4) is 12.1 Å². The number of hydrogen-bond acceptors (Lipinski definition) is 4. The highest BCUT2D eigenvalue weighted by Crippen LogP contribution is 1.96. The molecule has 90 valence electrons. The lowest BCUT2D eigenvalue weighted by Crippen LogP contribution is -2.38. The summed E-state index contributed by atoms with van der Waals surface area (Å²) in [5, 5.41) is 23.8. The number of rotatable bonds is 9. The van der Waals surface area contributed by atoms with Gasteiger partial charge in [0.2, 0.25) is 0 Å². The Morgan fingerprint density at radius 1 is 0.875 bits per heavy atom. The van der Waals surface area contributed by atoms with Crippen molar-refractivity contribution in [2.75, 3.05) is 13.1 Å². The van der Waals surface area contributed by atoms with Gasteiger partial charge in [-0.1, -0.05) is 13.8 Å². The van der Waals surface area contributed by atoms with Gasteiger partial charge < -0.3 is 10.6 Å². The summed E-state index contributed by atoms with van der Waals surface area (Å²) >= 11 is 0. The predicted octanol–water partition coefficient (Wildman–Crippen LogP) is 1.55. The van der Waals surface area contributed by atoms with E-state index in [9.17, 15) is 0 Å². The van der Waals surface area contributed by atoms with Gasteiger partial charge in [-0.05, 0) is 12.8 Å². The molecular weight excluding hydrogens is 200 g/mol. The van der Waals surface area contributed by atoms with Gasteiger partial charge >= 0.3 is 0 Å². The fraction of sp³-hybridized carbons (Fsp3) is 0.833. The SMILES string of the molecule is CCC(CC#N)NCCNC(CC)CC#N. The standard InChI is InChI=1S/C12H22N4/c1-3-11(5-7-13)15-9-10-16-12(4-2)6-8-14/h11-12,15-16H,3-6,9-10H2,1-2H3. The number of nitrogens with zero attached hydrogens (tertiary/aromatic N) is 2. The van der Waals surface area contributed by atoms with Gasteiger partial charge in [0.05, 0.1) is 25.0 Å². The van der Waals surface area contributed by atoms with Gasteiger partial charge in [0, 0.05) is 25.2 Å². The fourth-order valence-electron chi connectivity index (χ4n) is 1.49. The Kier molecular flexibility index (Phi) is 9.70. The molecule has 0 heterocycles. The van der Waals surface area contributed by atoms with E-state index in [-0.39, 0.29) is 0 Å². The molecule has 2 atom stereocenters. The summed E-state index contributed by atoms with van der Waals surface area (Å²) in [7, 11) is 0. The molecule has 0 aliphatic heterocycles. The normalized spacial score (nSPS) is 13.8. The molecular formula is C12H22N4. The zero-order valence-electron chi connectivity index (χ0n) is 10.3. The largest absolute Gasteiger partial charge is 0.312 e. The molecule has 4 heteroatoms. The van der Waals surface area contributed by atoms with Crippen LogP contribution in [0.4, 0.5) is 0 Å². The third kappa shape index (κ3) is 7.23. The van der Waals surface area contributed by atoms with Gasteiger partial charge in [0.25, 0.3) is 0 Å². The van der Waals surface area contributed by atoms with Crippen LogP contribution < -0.4 is 10.6 Å². The highest BCUT2D eigenvalue weighted by atomic mass is 15.0. The molecule has 0 aromatic carbocycles. The highest BCUT2D eigenvalue weighted by molar-refractivity contribution is 4.81. The minimum atomic E-state index is 0.294. The highest BCUT2D eigenvalue weighted by Gasteiger charge is 2.06. The maximum absolute atomic E-state index is 8.58. The third-order valence-corrected chi connectivity index (χ3v) is 2.65. The van der Waals surface area contributed by atoms with Gasteiger partial charge in [0.1, 0.15) is 0 Å². The molecule has 2 N–H and O–H groups in total. The molecule has 0 aromatic heterocycles. The van der Waals surface area contributed by atoms with E-state index in [1.54, 1.807) is 0 Å². The molecule has 0 saturated carbocycles. The molecule has 0 bridgehead atoms. The van der Waals surface area contributed by atoms with Gasteiger partial charge in [-0.2, -0.15) is 10.5 Å². The smallest absolute Gasteiger partial charge is 0.0638 e. The molecule has 0 aromatic rings. The van der Waals surface area contributed by atoms with E-state index in [1.807, 2.05) is 0 Å². The van der Waals surface area contributed by atoms with Crippen molar-refractivity contribution in [3.63, 3.8) is 0 Å². The molecule has 0 fully saturated rings. The molecule has 0 spiro atoms. The van der Waals surface area contributed by atoms with E-state index in [0.29, 0.717) is 24.9 Å². The predicted molar refractivity (Wildman–Crippen MR) is 64.6 cm³/mol. The number of nitrogens with one attached hydrogen (secondary N) is 2. The Morgan fingerprint density at radius 2 is 1.25 bits per heavy atom. The Morgan fingerprint density at radius 3 is 1.50 bits per heavy atom. The summed E-state index contributed by atoms with van der Waals surface area (Å²) < 4.78 is 0. The van der Waals surface area contributed by atoms with Crippen LogP contribution in [0.25, 0.3) is 0 Å². The quantitative estimate of drug-likeness (QED) is 0.581. The fourth-order valence-corrected chi connectivity index (χ4v) is 1.49. The number of hydrogen-bond donors (Lipinski definition) is 2. The molecule has 4 nitrogen and oxygen atoms in total. The average molecular weight is 222 g/mol. The first-order valence-corrected chi connectivity index (χ1v) is 5.99. The summed E-state index contributed by atoms with van der Waals surface area (Å²) in [6.45, 7) is 5.85. The first kappa shape index (κ1) is 14.9. The van der Waals surface area contributed by atoms with E-state index < -0.39 is 0 Å². The van der Waals surface area contributed by atoms with Crippen LogP contribution in [0.3, 0.4) is 0 Å². The molecule has 16 heavy (non-hydrogen) atoms. The maximum atomic E-state index is 8.58.